The quantitative estimate of drug-likeness (QED) is 0.794. The van der Waals surface area contributed by atoms with Gasteiger partial charge in [0.1, 0.15) is 10.8 Å². The lowest BCUT2D eigenvalue weighted by molar-refractivity contribution is -0.140. The van der Waals surface area contributed by atoms with Crippen molar-refractivity contribution < 1.29 is 14.3 Å². The van der Waals surface area contributed by atoms with Crippen LogP contribution < -0.4 is 4.74 Å². The maximum absolute atomic E-state index is 11.1. The van der Waals surface area contributed by atoms with Crippen LogP contribution in [0.4, 0.5) is 0 Å². The summed E-state index contributed by atoms with van der Waals surface area (Å²) in [5.41, 5.74) is 3.07. The lowest BCUT2D eigenvalue weighted by Gasteiger charge is -2.05. The zero-order valence-electron chi connectivity index (χ0n) is 11.8. The molecule has 0 amide bonds. The molecule has 2 aromatic rings. The molecule has 1 heterocycles. The van der Waals surface area contributed by atoms with Gasteiger partial charge in [-0.25, -0.2) is 4.98 Å². The van der Waals surface area contributed by atoms with Gasteiger partial charge in [0.2, 0.25) is 0 Å². The van der Waals surface area contributed by atoms with Crippen LogP contribution in [0.15, 0.2) is 23.6 Å². The molecule has 0 fully saturated rings. The lowest BCUT2D eigenvalue weighted by Crippen LogP contribution is -2.01. The SMILES string of the molecule is COC(=O)CCc1csc(-c2ccc(OC)c(C)c2)n1. The van der Waals surface area contributed by atoms with Crippen LogP contribution in [0, 0.1) is 6.92 Å². The molecule has 0 spiro atoms. The zero-order chi connectivity index (χ0) is 14.5. The predicted octanol–water partition coefficient (Wildman–Crippen LogP) is 3.23. The number of carbonyl (C=O) groups is 1. The molecule has 4 nitrogen and oxygen atoms in total. The topological polar surface area (TPSA) is 48.4 Å². The van der Waals surface area contributed by atoms with Gasteiger partial charge in [0.15, 0.2) is 0 Å². The number of ether oxygens (including phenoxy) is 2. The average molecular weight is 291 g/mol. The van der Waals surface area contributed by atoms with Gasteiger partial charge in [-0.2, -0.15) is 0 Å². The van der Waals surface area contributed by atoms with Crippen molar-refractivity contribution in [3.63, 3.8) is 0 Å². The smallest absolute Gasteiger partial charge is 0.305 e. The summed E-state index contributed by atoms with van der Waals surface area (Å²) in [6.07, 6.45) is 0.972. The Balaban J connectivity index is 2.12. The molecule has 1 aromatic heterocycles. The molecule has 5 heteroatoms. The molecular weight excluding hydrogens is 274 g/mol. The molecule has 0 aliphatic rings. The third-order valence-electron chi connectivity index (χ3n) is 3.01. The van der Waals surface area contributed by atoms with Crippen molar-refractivity contribution in [3.05, 3.63) is 34.8 Å². The number of benzene rings is 1. The van der Waals surface area contributed by atoms with Gasteiger partial charge in [-0.1, -0.05) is 0 Å². The zero-order valence-corrected chi connectivity index (χ0v) is 12.6. The van der Waals surface area contributed by atoms with Gasteiger partial charge in [0, 0.05) is 17.4 Å². The summed E-state index contributed by atoms with van der Waals surface area (Å²) in [7, 11) is 3.06. The minimum absolute atomic E-state index is 0.208. The van der Waals surface area contributed by atoms with Crippen molar-refractivity contribution in [1.29, 1.82) is 0 Å². The Morgan fingerprint density at radius 3 is 2.80 bits per heavy atom. The molecule has 1 aromatic carbocycles. The number of esters is 1. The molecule has 0 unspecified atom stereocenters. The highest BCUT2D eigenvalue weighted by atomic mass is 32.1. The molecule has 2 rings (SSSR count). The summed E-state index contributed by atoms with van der Waals surface area (Å²) in [5.74, 6) is 0.663. The number of aromatic nitrogens is 1. The first-order chi connectivity index (χ1) is 9.63. The monoisotopic (exact) mass is 291 g/mol. The second-order valence-electron chi connectivity index (χ2n) is 4.40. The van der Waals surface area contributed by atoms with E-state index in [1.807, 2.05) is 24.4 Å². The van der Waals surface area contributed by atoms with Crippen molar-refractivity contribution in [2.24, 2.45) is 0 Å². The van der Waals surface area contributed by atoms with Crippen molar-refractivity contribution in [2.75, 3.05) is 14.2 Å². The van der Waals surface area contributed by atoms with Crippen molar-refractivity contribution in [2.45, 2.75) is 19.8 Å². The van der Waals surface area contributed by atoms with E-state index >= 15 is 0 Å². The summed E-state index contributed by atoms with van der Waals surface area (Å²) >= 11 is 1.58. The van der Waals surface area contributed by atoms with Crippen LogP contribution in [-0.2, 0) is 16.0 Å². The standard InChI is InChI=1S/C15H17NO3S/c1-10-8-11(4-6-13(10)18-2)15-16-12(9-20-15)5-7-14(17)19-3/h4,6,8-9H,5,7H2,1-3H3. The van der Waals surface area contributed by atoms with Crippen LogP contribution in [0.1, 0.15) is 17.7 Å². The highest BCUT2D eigenvalue weighted by Crippen LogP contribution is 2.28. The van der Waals surface area contributed by atoms with Crippen molar-refractivity contribution >= 4 is 17.3 Å². The number of methoxy groups -OCH3 is 2. The summed E-state index contributed by atoms with van der Waals surface area (Å²) in [5, 5.41) is 2.94. The van der Waals surface area contributed by atoms with Gasteiger partial charge < -0.3 is 9.47 Å². The summed E-state index contributed by atoms with van der Waals surface area (Å²) in [6.45, 7) is 2.01. The van der Waals surface area contributed by atoms with Crippen molar-refractivity contribution in [3.8, 4) is 16.3 Å². The van der Waals surface area contributed by atoms with E-state index in [9.17, 15) is 4.79 Å². The molecule has 0 aliphatic carbocycles. The molecule has 0 aliphatic heterocycles. The van der Waals surface area contributed by atoms with E-state index in [2.05, 4.69) is 15.8 Å². The summed E-state index contributed by atoms with van der Waals surface area (Å²) < 4.78 is 9.88. The first-order valence-corrected chi connectivity index (χ1v) is 7.18. The van der Waals surface area contributed by atoms with Crippen LogP contribution in [-0.4, -0.2) is 25.2 Å². The van der Waals surface area contributed by atoms with E-state index in [0.29, 0.717) is 12.8 Å². The fourth-order valence-corrected chi connectivity index (χ4v) is 2.75. The number of hydrogen-bond acceptors (Lipinski definition) is 5. The molecule has 0 saturated carbocycles. The second kappa shape index (κ2) is 6.52. The molecule has 0 atom stereocenters. The third kappa shape index (κ3) is 3.36. The van der Waals surface area contributed by atoms with E-state index in [-0.39, 0.29) is 5.97 Å². The van der Waals surface area contributed by atoms with Crippen molar-refractivity contribution in [1.82, 2.24) is 4.98 Å². The van der Waals surface area contributed by atoms with Crippen LogP contribution in [0.2, 0.25) is 0 Å². The molecule has 0 N–H and O–H groups in total. The van der Waals surface area contributed by atoms with Gasteiger partial charge in [0.25, 0.3) is 0 Å². The Kier molecular flexibility index (Phi) is 4.74. The molecule has 106 valence electrons. The lowest BCUT2D eigenvalue weighted by atomic mass is 10.1. The number of nitrogens with zero attached hydrogens (tertiary/aromatic N) is 1. The number of carbonyl (C=O) groups excluding carboxylic acids is 1. The third-order valence-corrected chi connectivity index (χ3v) is 3.95. The molecular formula is C15H17NO3S. The largest absolute Gasteiger partial charge is 0.496 e. The summed E-state index contributed by atoms with van der Waals surface area (Å²) in [4.78, 5) is 15.7. The normalized spacial score (nSPS) is 10.3. The highest BCUT2D eigenvalue weighted by molar-refractivity contribution is 7.13. The van der Waals surface area contributed by atoms with Gasteiger partial charge in [-0.15, -0.1) is 11.3 Å². The Labute approximate surface area is 122 Å². The first kappa shape index (κ1) is 14.5. The molecule has 0 radical (unpaired) electrons. The van der Waals surface area contributed by atoms with E-state index in [1.54, 1.807) is 18.4 Å². The summed E-state index contributed by atoms with van der Waals surface area (Å²) in [6, 6.07) is 6.00. The predicted molar refractivity (Wildman–Crippen MR) is 79.2 cm³/mol. The van der Waals surface area contributed by atoms with E-state index in [0.717, 1.165) is 27.6 Å². The number of thiazole rings is 1. The second-order valence-corrected chi connectivity index (χ2v) is 5.26. The number of rotatable bonds is 5. The Morgan fingerprint density at radius 1 is 1.35 bits per heavy atom. The van der Waals surface area contributed by atoms with E-state index in [1.165, 1.54) is 7.11 Å². The van der Waals surface area contributed by atoms with Crippen LogP contribution in [0.5, 0.6) is 5.75 Å². The minimum Gasteiger partial charge on any atom is -0.496 e. The maximum Gasteiger partial charge on any atom is 0.305 e. The van der Waals surface area contributed by atoms with Gasteiger partial charge in [-0.05, 0) is 30.7 Å². The fourth-order valence-electron chi connectivity index (χ4n) is 1.90. The van der Waals surface area contributed by atoms with E-state index < -0.39 is 0 Å². The highest BCUT2D eigenvalue weighted by Gasteiger charge is 2.08. The Bertz CT molecular complexity index is 607. The van der Waals surface area contributed by atoms with Crippen LogP contribution in [0.25, 0.3) is 10.6 Å². The number of hydrogen-bond donors (Lipinski definition) is 0. The Hall–Kier alpha value is -1.88. The van der Waals surface area contributed by atoms with E-state index in [4.69, 9.17) is 4.74 Å². The average Bonchev–Trinajstić information content (AvgIpc) is 2.93. The van der Waals surface area contributed by atoms with Gasteiger partial charge >= 0.3 is 5.97 Å². The van der Waals surface area contributed by atoms with Gasteiger partial charge in [-0.3, -0.25) is 4.79 Å². The number of aryl methyl sites for hydroxylation is 2. The molecule has 20 heavy (non-hydrogen) atoms. The van der Waals surface area contributed by atoms with Gasteiger partial charge in [0.05, 0.1) is 26.3 Å². The first-order valence-electron chi connectivity index (χ1n) is 6.30. The maximum atomic E-state index is 11.1. The minimum atomic E-state index is -0.208. The van der Waals surface area contributed by atoms with Crippen LogP contribution >= 0.6 is 11.3 Å². The fraction of sp³-hybridized carbons (Fsp3) is 0.333. The molecule has 0 bridgehead atoms. The Morgan fingerprint density at radius 2 is 2.15 bits per heavy atom. The van der Waals surface area contributed by atoms with Crippen LogP contribution in [0.3, 0.4) is 0 Å². The molecule has 0 saturated heterocycles.